The standard InChI is InChI=1S/C13H15N3/c1-10-5-6-13(12(14)8-10)16-9-11-4-2-3-7-15-11/h2-8,16H,9,14H2,1H3. The lowest BCUT2D eigenvalue weighted by molar-refractivity contribution is 1.05. The SMILES string of the molecule is Cc1ccc(NCc2ccccn2)c(N)c1. The van der Waals surface area contributed by atoms with Gasteiger partial charge in [0.05, 0.1) is 23.6 Å². The quantitative estimate of drug-likeness (QED) is 0.770. The largest absolute Gasteiger partial charge is 0.397 e. The van der Waals surface area contributed by atoms with Gasteiger partial charge in [-0.2, -0.15) is 0 Å². The molecule has 16 heavy (non-hydrogen) atoms. The lowest BCUT2D eigenvalue weighted by atomic mass is 10.2. The van der Waals surface area contributed by atoms with Gasteiger partial charge in [0.2, 0.25) is 0 Å². The number of nitrogens with one attached hydrogen (secondary N) is 1. The molecule has 0 fully saturated rings. The second-order valence-electron chi connectivity index (χ2n) is 3.77. The van der Waals surface area contributed by atoms with E-state index >= 15 is 0 Å². The molecular formula is C13H15N3. The van der Waals surface area contributed by atoms with Crippen molar-refractivity contribution >= 4 is 11.4 Å². The fourth-order valence-electron chi connectivity index (χ4n) is 1.53. The van der Waals surface area contributed by atoms with E-state index in [9.17, 15) is 0 Å². The molecule has 0 saturated heterocycles. The predicted octanol–water partition coefficient (Wildman–Crippen LogP) is 2.58. The molecule has 3 heteroatoms. The number of pyridine rings is 1. The van der Waals surface area contributed by atoms with Gasteiger partial charge in [0.15, 0.2) is 0 Å². The van der Waals surface area contributed by atoms with Gasteiger partial charge >= 0.3 is 0 Å². The Balaban J connectivity index is 2.05. The number of benzene rings is 1. The number of nitrogen functional groups attached to an aromatic ring is 1. The monoisotopic (exact) mass is 213 g/mol. The number of hydrogen-bond acceptors (Lipinski definition) is 3. The smallest absolute Gasteiger partial charge is 0.0594 e. The summed E-state index contributed by atoms with van der Waals surface area (Å²) in [5.41, 5.74) is 9.80. The van der Waals surface area contributed by atoms with E-state index in [1.807, 2.05) is 43.3 Å². The van der Waals surface area contributed by atoms with Crippen molar-refractivity contribution in [3.63, 3.8) is 0 Å². The third kappa shape index (κ3) is 2.51. The van der Waals surface area contributed by atoms with Crippen molar-refractivity contribution in [2.75, 3.05) is 11.1 Å². The summed E-state index contributed by atoms with van der Waals surface area (Å²) in [5, 5.41) is 3.27. The fourth-order valence-corrected chi connectivity index (χ4v) is 1.53. The number of aromatic nitrogens is 1. The van der Waals surface area contributed by atoms with Crippen LogP contribution in [-0.2, 0) is 6.54 Å². The van der Waals surface area contributed by atoms with Gasteiger partial charge in [-0.3, -0.25) is 4.98 Å². The lowest BCUT2D eigenvalue weighted by Crippen LogP contribution is -2.03. The highest BCUT2D eigenvalue weighted by Gasteiger charge is 1.99. The molecule has 82 valence electrons. The fraction of sp³-hybridized carbons (Fsp3) is 0.154. The van der Waals surface area contributed by atoms with Crippen LogP contribution < -0.4 is 11.1 Å². The molecule has 0 aliphatic rings. The van der Waals surface area contributed by atoms with E-state index < -0.39 is 0 Å². The molecule has 0 unspecified atom stereocenters. The van der Waals surface area contributed by atoms with Gasteiger partial charge in [0.25, 0.3) is 0 Å². The van der Waals surface area contributed by atoms with E-state index in [0.29, 0.717) is 6.54 Å². The van der Waals surface area contributed by atoms with Gasteiger partial charge in [-0.1, -0.05) is 12.1 Å². The first-order chi connectivity index (χ1) is 7.75. The van der Waals surface area contributed by atoms with Gasteiger partial charge in [-0.25, -0.2) is 0 Å². The first-order valence-corrected chi connectivity index (χ1v) is 5.25. The van der Waals surface area contributed by atoms with Crippen molar-refractivity contribution in [1.29, 1.82) is 0 Å². The van der Waals surface area contributed by atoms with Gasteiger partial charge < -0.3 is 11.1 Å². The van der Waals surface area contributed by atoms with Gasteiger partial charge in [-0.15, -0.1) is 0 Å². The molecule has 1 heterocycles. The highest BCUT2D eigenvalue weighted by molar-refractivity contribution is 5.66. The zero-order valence-corrected chi connectivity index (χ0v) is 9.27. The molecule has 3 N–H and O–H groups in total. The molecule has 0 amide bonds. The van der Waals surface area contributed by atoms with Crippen molar-refractivity contribution in [3.8, 4) is 0 Å². The van der Waals surface area contributed by atoms with Crippen LogP contribution in [0, 0.1) is 6.92 Å². The number of nitrogens with two attached hydrogens (primary N) is 1. The first kappa shape index (κ1) is 10.5. The number of anilines is 2. The van der Waals surface area contributed by atoms with Crippen LogP contribution in [-0.4, -0.2) is 4.98 Å². The van der Waals surface area contributed by atoms with E-state index in [0.717, 1.165) is 17.1 Å². The minimum atomic E-state index is 0.689. The maximum Gasteiger partial charge on any atom is 0.0594 e. The number of nitrogens with zero attached hydrogens (tertiary/aromatic N) is 1. The molecule has 0 aliphatic carbocycles. The average Bonchev–Trinajstić information content (AvgIpc) is 2.29. The summed E-state index contributed by atoms with van der Waals surface area (Å²) in [4.78, 5) is 4.24. The second-order valence-corrected chi connectivity index (χ2v) is 3.77. The van der Waals surface area contributed by atoms with Crippen LogP contribution in [0.3, 0.4) is 0 Å². The van der Waals surface area contributed by atoms with Crippen molar-refractivity contribution in [3.05, 3.63) is 53.9 Å². The number of aryl methyl sites for hydroxylation is 1. The molecule has 2 rings (SSSR count). The van der Waals surface area contributed by atoms with Gasteiger partial charge in [0.1, 0.15) is 0 Å². The Bertz CT molecular complexity index is 466. The summed E-state index contributed by atoms with van der Waals surface area (Å²) in [6.45, 7) is 2.72. The Kier molecular flexibility index (Phi) is 3.05. The Morgan fingerprint density at radius 1 is 1.25 bits per heavy atom. The summed E-state index contributed by atoms with van der Waals surface area (Å²) in [7, 11) is 0. The summed E-state index contributed by atoms with van der Waals surface area (Å²) >= 11 is 0. The molecule has 0 spiro atoms. The molecule has 3 nitrogen and oxygen atoms in total. The summed E-state index contributed by atoms with van der Waals surface area (Å²) < 4.78 is 0. The molecule has 2 aromatic rings. The molecule has 0 saturated carbocycles. The maximum atomic E-state index is 5.90. The zero-order chi connectivity index (χ0) is 11.4. The van der Waals surface area contributed by atoms with Crippen LogP contribution in [0.4, 0.5) is 11.4 Å². The Hall–Kier alpha value is -2.03. The average molecular weight is 213 g/mol. The number of hydrogen-bond donors (Lipinski definition) is 2. The topological polar surface area (TPSA) is 50.9 Å². The Labute approximate surface area is 95.3 Å². The molecule has 0 bridgehead atoms. The summed E-state index contributed by atoms with van der Waals surface area (Å²) in [6, 6.07) is 11.9. The van der Waals surface area contributed by atoms with E-state index in [-0.39, 0.29) is 0 Å². The Morgan fingerprint density at radius 3 is 2.81 bits per heavy atom. The molecular weight excluding hydrogens is 198 g/mol. The van der Waals surface area contributed by atoms with Crippen molar-refractivity contribution < 1.29 is 0 Å². The van der Waals surface area contributed by atoms with Gasteiger partial charge in [-0.05, 0) is 36.8 Å². The van der Waals surface area contributed by atoms with Crippen molar-refractivity contribution in [2.45, 2.75) is 13.5 Å². The third-order valence-electron chi connectivity index (χ3n) is 2.39. The highest BCUT2D eigenvalue weighted by Crippen LogP contribution is 2.19. The minimum absolute atomic E-state index is 0.689. The zero-order valence-electron chi connectivity index (χ0n) is 9.27. The molecule has 1 aromatic carbocycles. The summed E-state index contributed by atoms with van der Waals surface area (Å²) in [6.07, 6.45) is 1.79. The summed E-state index contributed by atoms with van der Waals surface area (Å²) in [5.74, 6) is 0. The van der Waals surface area contributed by atoms with Gasteiger partial charge in [0, 0.05) is 6.20 Å². The normalized spacial score (nSPS) is 10.1. The molecule has 1 aromatic heterocycles. The van der Waals surface area contributed by atoms with E-state index in [1.165, 1.54) is 5.56 Å². The van der Waals surface area contributed by atoms with Crippen LogP contribution in [0.25, 0.3) is 0 Å². The molecule has 0 atom stereocenters. The molecule has 0 radical (unpaired) electrons. The predicted molar refractivity (Wildman–Crippen MR) is 67.2 cm³/mol. The second kappa shape index (κ2) is 4.66. The van der Waals surface area contributed by atoms with E-state index in [4.69, 9.17) is 5.73 Å². The lowest BCUT2D eigenvalue weighted by Gasteiger charge is -2.09. The van der Waals surface area contributed by atoms with Crippen LogP contribution in [0.5, 0.6) is 0 Å². The Morgan fingerprint density at radius 2 is 2.12 bits per heavy atom. The van der Waals surface area contributed by atoms with Crippen molar-refractivity contribution in [2.24, 2.45) is 0 Å². The highest BCUT2D eigenvalue weighted by atomic mass is 14.9. The minimum Gasteiger partial charge on any atom is -0.397 e. The number of rotatable bonds is 3. The van der Waals surface area contributed by atoms with Crippen LogP contribution in [0.15, 0.2) is 42.6 Å². The van der Waals surface area contributed by atoms with Crippen molar-refractivity contribution in [1.82, 2.24) is 4.98 Å². The van der Waals surface area contributed by atoms with E-state index in [2.05, 4.69) is 10.3 Å². The van der Waals surface area contributed by atoms with Crippen LogP contribution in [0.2, 0.25) is 0 Å². The third-order valence-corrected chi connectivity index (χ3v) is 2.39. The van der Waals surface area contributed by atoms with Crippen LogP contribution >= 0.6 is 0 Å². The first-order valence-electron chi connectivity index (χ1n) is 5.25. The maximum absolute atomic E-state index is 5.90. The molecule has 0 aliphatic heterocycles. The van der Waals surface area contributed by atoms with E-state index in [1.54, 1.807) is 6.20 Å². The van der Waals surface area contributed by atoms with Crippen LogP contribution in [0.1, 0.15) is 11.3 Å².